The van der Waals surface area contributed by atoms with E-state index in [1.54, 1.807) is 6.08 Å². The Morgan fingerprint density at radius 1 is 0.955 bits per heavy atom. The van der Waals surface area contributed by atoms with E-state index in [0.717, 1.165) is 22.8 Å². The van der Waals surface area contributed by atoms with Crippen LogP contribution in [-0.2, 0) is 4.79 Å². The molecule has 108 valence electrons. The number of rotatable bonds is 3. The van der Waals surface area contributed by atoms with E-state index >= 15 is 0 Å². The van der Waals surface area contributed by atoms with E-state index in [1.807, 2.05) is 30.3 Å². The van der Waals surface area contributed by atoms with Gasteiger partial charge in [-0.05, 0) is 52.1 Å². The van der Waals surface area contributed by atoms with Crippen molar-refractivity contribution in [2.24, 2.45) is 0 Å². The molecule has 2 nitrogen and oxygen atoms in total. The molecule has 0 unspecified atom stereocenters. The Kier molecular flexibility index (Phi) is 3.75. The molecule has 2 heteroatoms. The number of aryl methyl sites for hydroxylation is 1. The van der Waals surface area contributed by atoms with Gasteiger partial charge >= 0.3 is 5.97 Å². The van der Waals surface area contributed by atoms with Crippen molar-refractivity contribution >= 4 is 22.8 Å². The summed E-state index contributed by atoms with van der Waals surface area (Å²) >= 11 is 0. The molecule has 0 heterocycles. The average Bonchev–Trinajstić information content (AvgIpc) is 2.54. The molecule has 0 saturated heterocycles. The smallest absolute Gasteiger partial charge is 0.328 e. The van der Waals surface area contributed by atoms with E-state index in [0.29, 0.717) is 0 Å². The maximum Gasteiger partial charge on any atom is 0.328 e. The number of fused-ring (bicyclic) bond motifs is 1. The molecule has 3 aromatic rings. The van der Waals surface area contributed by atoms with Crippen LogP contribution in [0.3, 0.4) is 0 Å². The summed E-state index contributed by atoms with van der Waals surface area (Å²) in [6.45, 7) is 2.11. The molecule has 22 heavy (non-hydrogen) atoms. The third-order valence-corrected chi connectivity index (χ3v) is 3.76. The fourth-order valence-corrected chi connectivity index (χ4v) is 2.68. The van der Waals surface area contributed by atoms with Crippen molar-refractivity contribution < 1.29 is 9.90 Å². The van der Waals surface area contributed by atoms with E-state index in [9.17, 15) is 4.79 Å². The van der Waals surface area contributed by atoms with Gasteiger partial charge in [-0.3, -0.25) is 0 Å². The summed E-state index contributed by atoms with van der Waals surface area (Å²) in [5.41, 5.74) is 4.38. The van der Waals surface area contributed by atoms with Crippen LogP contribution in [0.15, 0.2) is 66.7 Å². The molecule has 0 bridgehead atoms. The van der Waals surface area contributed by atoms with Crippen LogP contribution in [0, 0.1) is 6.92 Å². The summed E-state index contributed by atoms with van der Waals surface area (Å²) in [5.74, 6) is -0.939. The molecule has 0 atom stereocenters. The first-order valence-electron chi connectivity index (χ1n) is 7.15. The van der Waals surface area contributed by atoms with Crippen molar-refractivity contribution in [1.29, 1.82) is 0 Å². The quantitative estimate of drug-likeness (QED) is 0.695. The van der Waals surface area contributed by atoms with Crippen LogP contribution in [0.1, 0.15) is 11.1 Å². The van der Waals surface area contributed by atoms with Gasteiger partial charge in [-0.15, -0.1) is 0 Å². The molecule has 0 fully saturated rings. The van der Waals surface area contributed by atoms with Gasteiger partial charge in [0.2, 0.25) is 0 Å². The zero-order valence-electron chi connectivity index (χ0n) is 12.3. The molecular weight excluding hydrogens is 272 g/mol. The number of carbonyl (C=O) groups is 1. The van der Waals surface area contributed by atoms with Gasteiger partial charge in [-0.25, -0.2) is 4.79 Å². The molecule has 0 spiro atoms. The lowest BCUT2D eigenvalue weighted by Crippen LogP contribution is -1.87. The topological polar surface area (TPSA) is 37.3 Å². The van der Waals surface area contributed by atoms with Gasteiger partial charge in [0.15, 0.2) is 0 Å². The summed E-state index contributed by atoms with van der Waals surface area (Å²) in [6, 6.07) is 20.5. The lowest BCUT2D eigenvalue weighted by molar-refractivity contribution is -0.131. The van der Waals surface area contributed by atoms with Gasteiger partial charge in [-0.2, -0.15) is 0 Å². The maximum absolute atomic E-state index is 10.7. The SMILES string of the molecule is Cc1ccc(-c2cccc(/C=C/C(=O)O)c2)c2ccccc12. The first-order chi connectivity index (χ1) is 10.6. The minimum absolute atomic E-state index is 0.879. The fourth-order valence-electron chi connectivity index (χ4n) is 2.68. The number of benzene rings is 3. The second kappa shape index (κ2) is 5.86. The minimum Gasteiger partial charge on any atom is -0.478 e. The van der Waals surface area contributed by atoms with E-state index in [1.165, 1.54) is 16.3 Å². The van der Waals surface area contributed by atoms with Gasteiger partial charge < -0.3 is 5.11 Å². The van der Waals surface area contributed by atoms with Crippen molar-refractivity contribution in [1.82, 2.24) is 0 Å². The van der Waals surface area contributed by atoms with E-state index in [-0.39, 0.29) is 0 Å². The molecular formula is C20H16O2. The van der Waals surface area contributed by atoms with E-state index in [4.69, 9.17) is 5.11 Å². The maximum atomic E-state index is 10.7. The number of carboxylic acid groups (broad SMARTS) is 1. The molecule has 3 rings (SSSR count). The van der Waals surface area contributed by atoms with Gasteiger partial charge in [-0.1, -0.05) is 54.6 Å². The highest BCUT2D eigenvalue weighted by atomic mass is 16.4. The highest BCUT2D eigenvalue weighted by Gasteiger charge is 2.05. The van der Waals surface area contributed by atoms with Crippen molar-refractivity contribution in [3.05, 3.63) is 77.9 Å². The molecule has 0 amide bonds. The van der Waals surface area contributed by atoms with Crippen LogP contribution in [0.2, 0.25) is 0 Å². The minimum atomic E-state index is -0.939. The fraction of sp³-hybridized carbons (Fsp3) is 0.0500. The van der Waals surface area contributed by atoms with Crippen LogP contribution >= 0.6 is 0 Å². The van der Waals surface area contributed by atoms with Gasteiger partial charge in [0, 0.05) is 6.08 Å². The Morgan fingerprint density at radius 3 is 2.50 bits per heavy atom. The Labute approximate surface area is 129 Å². The van der Waals surface area contributed by atoms with Crippen LogP contribution < -0.4 is 0 Å². The van der Waals surface area contributed by atoms with Crippen LogP contribution in [-0.4, -0.2) is 11.1 Å². The third kappa shape index (κ3) is 2.77. The summed E-state index contributed by atoms with van der Waals surface area (Å²) in [7, 11) is 0. The first-order valence-corrected chi connectivity index (χ1v) is 7.15. The van der Waals surface area contributed by atoms with E-state index < -0.39 is 5.97 Å². The molecule has 1 N–H and O–H groups in total. The number of aliphatic carboxylic acids is 1. The Balaban J connectivity index is 2.14. The van der Waals surface area contributed by atoms with Gasteiger partial charge in [0.1, 0.15) is 0 Å². The summed E-state index contributed by atoms with van der Waals surface area (Å²) in [5, 5.41) is 11.2. The molecule has 0 aromatic heterocycles. The second-order valence-corrected chi connectivity index (χ2v) is 5.27. The highest BCUT2D eigenvalue weighted by Crippen LogP contribution is 2.31. The zero-order valence-corrected chi connectivity index (χ0v) is 12.3. The standard InChI is InChI=1S/C20H16O2/c1-14-9-11-18(19-8-3-2-7-17(14)19)16-6-4-5-15(13-16)10-12-20(21)22/h2-13H,1H3,(H,21,22)/b12-10+. The van der Waals surface area contributed by atoms with Crippen LogP contribution in [0.4, 0.5) is 0 Å². The zero-order chi connectivity index (χ0) is 15.5. The van der Waals surface area contributed by atoms with Crippen molar-refractivity contribution in [2.75, 3.05) is 0 Å². The molecule has 0 aliphatic carbocycles. The van der Waals surface area contributed by atoms with Crippen molar-refractivity contribution in [3.8, 4) is 11.1 Å². The largest absolute Gasteiger partial charge is 0.478 e. The lowest BCUT2D eigenvalue weighted by atomic mass is 9.94. The molecule has 0 saturated carbocycles. The number of hydrogen-bond donors (Lipinski definition) is 1. The van der Waals surface area contributed by atoms with Crippen LogP contribution in [0.25, 0.3) is 28.0 Å². The van der Waals surface area contributed by atoms with Gasteiger partial charge in [0.05, 0.1) is 0 Å². The Hall–Kier alpha value is -2.87. The average molecular weight is 288 g/mol. The summed E-state index contributed by atoms with van der Waals surface area (Å²) in [4.78, 5) is 10.7. The molecule has 3 aromatic carbocycles. The third-order valence-electron chi connectivity index (χ3n) is 3.76. The predicted molar refractivity (Wildman–Crippen MR) is 90.8 cm³/mol. The Bertz CT molecular complexity index is 876. The highest BCUT2D eigenvalue weighted by molar-refractivity contribution is 5.98. The van der Waals surface area contributed by atoms with E-state index in [2.05, 4.69) is 37.3 Å². The number of carboxylic acids is 1. The number of hydrogen-bond acceptors (Lipinski definition) is 1. The first kappa shape index (κ1) is 14.1. The van der Waals surface area contributed by atoms with Crippen molar-refractivity contribution in [2.45, 2.75) is 6.92 Å². The molecule has 0 radical (unpaired) electrons. The molecule has 0 aliphatic heterocycles. The normalized spacial score (nSPS) is 11.1. The summed E-state index contributed by atoms with van der Waals surface area (Å²) < 4.78 is 0. The molecule has 0 aliphatic rings. The van der Waals surface area contributed by atoms with Gasteiger partial charge in [0.25, 0.3) is 0 Å². The summed E-state index contributed by atoms with van der Waals surface area (Å²) in [6.07, 6.45) is 2.77. The monoisotopic (exact) mass is 288 g/mol. The predicted octanol–water partition coefficient (Wildman–Crippen LogP) is 4.91. The Morgan fingerprint density at radius 2 is 1.73 bits per heavy atom. The van der Waals surface area contributed by atoms with Crippen LogP contribution in [0.5, 0.6) is 0 Å². The second-order valence-electron chi connectivity index (χ2n) is 5.27. The lowest BCUT2D eigenvalue weighted by Gasteiger charge is -2.10. The van der Waals surface area contributed by atoms with Crippen molar-refractivity contribution in [3.63, 3.8) is 0 Å².